The molecule has 2 heterocycles. The fourth-order valence-corrected chi connectivity index (χ4v) is 5.72. The highest BCUT2D eigenvalue weighted by atomic mass is 19.4. The van der Waals surface area contributed by atoms with Gasteiger partial charge in [0.2, 0.25) is 0 Å². The van der Waals surface area contributed by atoms with Gasteiger partial charge in [-0.25, -0.2) is 9.18 Å². The molecule has 220 valence electrons. The first kappa shape index (κ1) is 30.1. The van der Waals surface area contributed by atoms with E-state index in [0.29, 0.717) is 37.6 Å². The Morgan fingerprint density at radius 3 is 2.05 bits per heavy atom. The minimum absolute atomic E-state index is 0.0359. The van der Waals surface area contributed by atoms with Crippen molar-refractivity contribution >= 4 is 11.7 Å². The van der Waals surface area contributed by atoms with Crippen molar-refractivity contribution in [3.8, 4) is 0 Å². The Morgan fingerprint density at radius 2 is 1.50 bits per heavy atom. The highest BCUT2D eigenvalue weighted by Gasteiger charge is 2.39. The molecule has 2 aromatic rings. The summed E-state index contributed by atoms with van der Waals surface area (Å²) in [5.74, 6) is -0.108. The smallest absolute Gasteiger partial charge is 0.324 e. The monoisotopic (exact) mass is 574 g/mol. The molecule has 12 heteroatoms. The van der Waals surface area contributed by atoms with Crippen LogP contribution in [-0.2, 0) is 12.4 Å². The number of nitrogens with one attached hydrogen (secondary N) is 1. The van der Waals surface area contributed by atoms with E-state index in [9.17, 15) is 35.5 Å². The number of piperidine rings is 2. The summed E-state index contributed by atoms with van der Waals surface area (Å²) in [6.07, 6.45) is -7.40. The summed E-state index contributed by atoms with van der Waals surface area (Å²) in [4.78, 5) is 18.0. The lowest BCUT2D eigenvalue weighted by molar-refractivity contribution is -0.143. The Kier molecular flexibility index (Phi) is 8.99. The number of nitrogens with zero attached hydrogens (tertiary/aromatic N) is 3. The van der Waals surface area contributed by atoms with E-state index in [-0.39, 0.29) is 12.0 Å². The number of amides is 2. The van der Waals surface area contributed by atoms with Crippen LogP contribution >= 0.6 is 0 Å². The molecule has 0 radical (unpaired) electrons. The number of halogens is 7. The van der Waals surface area contributed by atoms with Crippen LogP contribution in [0.3, 0.4) is 0 Å². The first-order chi connectivity index (χ1) is 18.7. The normalized spacial score (nSPS) is 21.3. The number of hydrogen-bond donors (Lipinski definition) is 1. The van der Waals surface area contributed by atoms with Gasteiger partial charge in [-0.05, 0) is 74.2 Å². The molecule has 1 N–H and O–H groups in total. The van der Waals surface area contributed by atoms with E-state index in [4.69, 9.17) is 0 Å². The van der Waals surface area contributed by atoms with Crippen LogP contribution in [0.15, 0.2) is 42.5 Å². The molecule has 2 fully saturated rings. The molecular formula is C28H33F7N4O. The molecule has 2 atom stereocenters. The standard InChI is InChI=1S/C28H33F7N4O/c1-37(23-14-20(27(30,31)32)13-21(15-23)28(33,34)35)26(40)38(2)25-9-12-39(16-18-7-10-36-11-8-18)17-24(25)19-3-5-22(29)6-4-19/h3-6,13-15,18,24-25,36H,7-12,16-17H2,1-2H3. The summed E-state index contributed by atoms with van der Waals surface area (Å²) < 4.78 is 94.1. The summed E-state index contributed by atoms with van der Waals surface area (Å²) in [5, 5.41) is 3.35. The van der Waals surface area contributed by atoms with Crippen LogP contribution in [0.5, 0.6) is 0 Å². The van der Waals surface area contributed by atoms with Crippen LogP contribution in [-0.4, -0.2) is 68.7 Å². The minimum atomic E-state index is -5.03. The third kappa shape index (κ3) is 7.06. The third-order valence-electron chi connectivity index (χ3n) is 7.98. The SMILES string of the molecule is CN(C(=O)N(C)C1CCN(CC2CCNCC2)CC1c1ccc(F)cc1)c1cc(C(F)(F)F)cc(C(F)(F)F)c1. The van der Waals surface area contributed by atoms with Crippen molar-refractivity contribution in [3.63, 3.8) is 0 Å². The summed E-state index contributed by atoms with van der Waals surface area (Å²) in [6.45, 7) is 4.06. The molecule has 0 aliphatic carbocycles. The van der Waals surface area contributed by atoms with Gasteiger partial charge in [-0.15, -0.1) is 0 Å². The topological polar surface area (TPSA) is 38.8 Å². The Bertz CT molecular complexity index is 1130. The van der Waals surface area contributed by atoms with Gasteiger partial charge in [-0.2, -0.15) is 26.3 Å². The van der Waals surface area contributed by atoms with Crippen LogP contribution in [0.2, 0.25) is 0 Å². The number of urea groups is 1. The third-order valence-corrected chi connectivity index (χ3v) is 7.98. The average molecular weight is 575 g/mol. The second kappa shape index (κ2) is 11.9. The maximum absolute atomic E-state index is 13.7. The molecule has 0 bridgehead atoms. The Balaban J connectivity index is 1.58. The van der Waals surface area contributed by atoms with Crippen molar-refractivity contribution < 1.29 is 35.5 Å². The van der Waals surface area contributed by atoms with E-state index < -0.39 is 47.1 Å². The first-order valence-electron chi connectivity index (χ1n) is 13.2. The number of hydrogen-bond acceptors (Lipinski definition) is 3. The molecular weight excluding hydrogens is 541 g/mol. The van der Waals surface area contributed by atoms with Gasteiger partial charge in [0.15, 0.2) is 0 Å². The maximum atomic E-state index is 13.7. The molecule has 2 aliphatic heterocycles. The molecule has 40 heavy (non-hydrogen) atoms. The molecule has 2 aromatic carbocycles. The highest BCUT2D eigenvalue weighted by molar-refractivity contribution is 5.91. The summed E-state index contributed by atoms with van der Waals surface area (Å²) in [7, 11) is 2.66. The zero-order valence-electron chi connectivity index (χ0n) is 22.3. The molecule has 2 aliphatic rings. The van der Waals surface area contributed by atoms with Crippen molar-refractivity contribution in [3.05, 3.63) is 65.0 Å². The van der Waals surface area contributed by atoms with Gasteiger partial charge < -0.3 is 15.1 Å². The van der Waals surface area contributed by atoms with Crippen molar-refractivity contribution in [2.75, 3.05) is 51.7 Å². The molecule has 0 spiro atoms. The Hall–Kier alpha value is -2.86. The predicted molar refractivity (Wildman–Crippen MR) is 138 cm³/mol. The van der Waals surface area contributed by atoms with E-state index in [1.54, 1.807) is 12.1 Å². The first-order valence-corrected chi connectivity index (χ1v) is 13.2. The lowest BCUT2D eigenvalue weighted by atomic mass is 9.84. The molecule has 5 nitrogen and oxygen atoms in total. The largest absolute Gasteiger partial charge is 0.416 e. The number of carbonyl (C=O) groups is 1. The minimum Gasteiger partial charge on any atom is -0.324 e. The van der Waals surface area contributed by atoms with Gasteiger partial charge in [0, 0.05) is 51.4 Å². The number of carbonyl (C=O) groups excluding carboxylic acids is 1. The van der Waals surface area contributed by atoms with E-state index in [0.717, 1.165) is 50.0 Å². The van der Waals surface area contributed by atoms with Crippen LogP contribution in [0.4, 0.5) is 41.2 Å². The molecule has 2 amide bonds. The Labute approximate surface area is 228 Å². The van der Waals surface area contributed by atoms with Crippen molar-refractivity contribution in [1.29, 1.82) is 0 Å². The van der Waals surface area contributed by atoms with Crippen molar-refractivity contribution in [2.24, 2.45) is 5.92 Å². The molecule has 0 aromatic heterocycles. The Morgan fingerprint density at radius 1 is 0.925 bits per heavy atom. The van der Waals surface area contributed by atoms with Crippen LogP contribution in [0.25, 0.3) is 0 Å². The second-order valence-electron chi connectivity index (χ2n) is 10.7. The van der Waals surface area contributed by atoms with E-state index in [1.165, 1.54) is 24.1 Å². The molecule has 2 saturated heterocycles. The lowest BCUT2D eigenvalue weighted by Crippen LogP contribution is -2.54. The van der Waals surface area contributed by atoms with E-state index in [1.807, 2.05) is 0 Å². The predicted octanol–water partition coefficient (Wildman–Crippen LogP) is 6.21. The van der Waals surface area contributed by atoms with Crippen LogP contribution in [0, 0.1) is 11.7 Å². The number of rotatable bonds is 5. The molecule has 2 unspecified atom stereocenters. The zero-order valence-corrected chi connectivity index (χ0v) is 22.3. The fourth-order valence-electron chi connectivity index (χ4n) is 5.72. The second-order valence-corrected chi connectivity index (χ2v) is 10.7. The van der Waals surface area contributed by atoms with Gasteiger partial charge in [-0.1, -0.05) is 12.1 Å². The van der Waals surface area contributed by atoms with E-state index >= 15 is 0 Å². The number of benzene rings is 2. The van der Waals surface area contributed by atoms with Gasteiger partial charge in [-0.3, -0.25) is 4.90 Å². The summed E-state index contributed by atoms with van der Waals surface area (Å²) >= 11 is 0. The number of alkyl halides is 6. The lowest BCUT2D eigenvalue weighted by Gasteiger charge is -2.44. The van der Waals surface area contributed by atoms with Crippen LogP contribution in [0.1, 0.15) is 41.9 Å². The van der Waals surface area contributed by atoms with Gasteiger partial charge in [0.05, 0.1) is 11.1 Å². The number of likely N-dealkylation sites (N-methyl/N-ethyl adjacent to an activating group) is 1. The van der Waals surface area contributed by atoms with Gasteiger partial charge in [0.1, 0.15) is 5.82 Å². The average Bonchev–Trinajstić information content (AvgIpc) is 2.91. The molecule has 4 rings (SSSR count). The number of anilines is 1. The molecule has 0 saturated carbocycles. The number of likely N-dealkylation sites (tertiary alicyclic amines) is 1. The summed E-state index contributed by atoms with van der Waals surface area (Å²) in [5.41, 5.74) is -2.69. The van der Waals surface area contributed by atoms with Crippen molar-refractivity contribution in [1.82, 2.24) is 15.1 Å². The summed E-state index contributed by atoms with van der Waals surface area (Å²) in [6, 6.07) is 5.97. The zero-order chi connectivity index (χ0) is 29.2. The fraction of sp³-hybridized carbons (Fsp3) is 0.536. The van der Waals surface area contributed by atoms with E-state index in [2.05, 4.69) is 10.2 Å². The highest BCUT2D eigenvalue weighted by Crippen LogP contribution is 2.39. The quantitative estimate of drug-likeness (QED) is 0.432. The van der Waals surface area contributed by atoms with Crippen molar-refractivity contribution in [2.45, 2.75) is 43.6 Å². The van der Waals surface area contributed by atoms with Gasteiger partial charge in [0.25, 0.3) is 0 Å². The van der Waals surface area contributed by atoms with Crippen LogP contribution < -0.4 is 10.2 Å². The maximum Gasteiger partial charge on any atom is 0.416 e. The van der Waals surface area contributed by atoms with Gasteiger partial charge >= 0.3 is 18.4 Å².